The van der Waals surface area contributed by atoms with Crippen LogP contribution in [0.5, 0.6) is 0 Å². The SMILES string of the molecule is Cc1cc(Cl)c(S(=O)(=O)N2CCCCO2)cc1N. The minimum Gasteiger partial charge on any atom is -0.398 e. The quantitative estimate of drug-likeness (QED) is 0.845. The van der Waals surface area contributed by atoms with Gasteiger partial charge < -0.3 is 5.73 Å². The molecule has 1 aromatic carbocycles. The number of benzene rings is 1. The Morgan fingerprint density at radius 3 is 2.72 bits per heavy atom. The molecule has 1 aliphatic heterocycles. The van der Waals surface area contributed by atoms with Crippen LogP contribution in [0, 0.1) is 6.92 Å². The number of aryl methyl sites for hydroxylation is 1. The highest BCUT2D eigenvalue weighted by molar-refractivity contribution is 7.89. The molecule has 100 valence electrons. The van der Waals surface area contributed by atoms with Crippen LogP contribution < -0.4 is 5.73 Å². The van der Waals surface area contributed by atoms with Crippen molar-refractivity contribution in [3.05, 3.63) is 22.7 Å². The number of sulfonamides is 1. The molecule has 2 rings (SSSR count). The first-order valence-electron chi connectivity index (χ1n) is 5.64. The number of anilines is 1. The Balaban J connectivity index is 2.43. The Kier molecular flexibility index (Phi) is 3.82. The highest BCUT2D eigenvalue weighted by Crippen LogP contribution is 2.30. The minimum atomic E-state index is -3.73. The number of hydroxylamine groups is 1. The van der Waals surface area contributed by atoms with Crippen LogP contribution in [0.3, 0.4) is 0 Å². The fraction of sp³-hybridized carbons (Fsp3) is 0.455. The zero-order valence-electron chi connectivity index (χ0n) is 10.0. The maximum atomic E-state index is 12.3. The van der Waals surface area contributed by atoms with Crippen molar-refractivity contribution in [3.63, 3.8) is 0 Å². The molecule has 1 heterocycles. The summed E-state index contributed by atoms with van der Waals surface area (Å²) >= 11 is 5.99. The average molecular weight is 291 g/mol. The molecule has 0 spiro atoms. The first kappa shape index (κ1) is 13.6. The third-order valence-corrected chi connectivity index (χ3v) is 4.98. The van der Waals surface area contributed by atoms with Crippen molar-refractivity contribution < 1.29 is 13.3 Å². The molecule has 2 N–H and O–H groups in total. The van der Waals surface area contributed by atoms with Crippen molar-refractivity contribution in [2.45, 2.75) is 24.7 Å². The van der Waals surface area contributed by atoms with E-state index in [1.165, 1.54) is 6.07 Å². The van der Waals surface area contributed by atoms with E-state index >= 15 is 0 Å². The van der Waals surface area contributed by atoms with Crippen LogP contribution in [0.1, 0.15) is 18.4 Å². The molecule has 1 aliphatic rings. The van der Waals surface area contributed by atoms with Gasteiger partial charge in [0.15, 0.2) is 0 Å². The molecule has 0 saturated carbocycles. The molecule has 1 aromatic rings. The van der Waals surface area contributed by atoms with Gasteiger partial charge in [-0.15, -0.1) is 0 Å². The standard InChI is InChI=1S/C11H15ClN2O3S/c1-8-6-9(12)11(7-10(8)13)18(15,16)14-4-2-3-5-17-14/h6-7H,2-5,13H2,1H3. The van der Waals surface area contributed by atoms with Crippen LogP contribution in [0.25, 0.3) is 0 Å². The smallest absolute Gasteiger partial charge is 0.266 e. The van der Waals surface area contributed by atoms with E-state index in [9.17, 15) is 8.42 Å². The van der Waals surface area contributed by atoms with E-state index in [0.717, 1.165) is 22.9 Å². The van der Waals surface area contributed by atoms with Crippen LogP contribution in [-0.4, -0.2) is 26.0 Å². The van der Waals surface area contributed by atoms with Crippen molar-refractivity contribution in [1.29, 1.82) is 0 Å². The van der Waals surface area contributed by atoms with Crippen molar-refractivity contribution in [2.75, 3.05) is 18.9 Å². The second-order valence-corrected chi connectivity index (χ2v) is 6.42. The van der Waals surface area contributed by atoms with Crippen LogP contribution >= 0.6 is 11.6 Å². The second-order valence-electron chi connectivity index (χ2n) is 4.21. The summed E-state index contributed by atoms with van der Waals surface area (Å²) in [6.45, 7) is 2.51. The molecule has 0 amide bonds. The molecule has 18 heavy (non-hydrogen) atoms. The molecular weight excluding hydrogens is 276 g/mol. The highest BCUT2D eigenvalue weighted by atomic mass is 35.5. The molecule has 0 unspecified atom stereocenters. The first-order valence-corrected chi connectivity index (χ1v) is 7.46. The second kappa shape index (κ2) is 5.05. The molecule has 0 bridgehead atoms. The van der Waals surface area contributed by atoms with Crippen LogP contribution in [-0.2, 0) is 14.9 Å². The zero-order valence-corrected chi connectivity index (χ0v) is 11.6. The summed E-state index contributed by atoms with van der Waals surface area (Å²) in [5, 5.41) is 0.163. The lowest BCUT2D eigenvalue weighted by atomic mass is 10.2. The van der Waals surface area contributed by atoms with Gasteiger partial charge in [0.05, 0.1) is 11.6 Å². The summed E-state index contributed by atoms with van der Waals surface area (Å²) in [5.41, 5.74) is 6.88. The lowest BCUT2D eigenvalue weighted by Crippen LogP contribution is -2.35. The van der Waals surface area contributed by atoms with E-state index in [4.69, 9.17) is 22.2 Å². The van der Waals surface area contributed by atoms with Gasteiger partial charge in [-0.1, -0.05) is 16.1 Å². The molecular formula is C11H15ClN2O3S. The van der Waals surface area contributed by atoms with Gasteiger partial charge in [-0.05, 0) is 37.5 Å². The van der Waals surface area contributed by atoms with Crippen LogP contribution in [0.2, 0.25) is 5.02 Å². The van der Waals surface area contributed by atoms with Gasteiger partial charge in [0, 0.05) is 12.2 Å². The third-order valence-electron chi connectivity index (χ3n) is 2.84. The summed E-state index contributed by atoms with van der Waals surface area (Å²) < 4.78 is 25.7. The zero-order chi connectivity index (χ0) is 13.3. The first-order chi connectivity index (χ1) is 8.43. The van der Waals surface area contributed by atoms with Crippen molar-refractivity contribution in [2.24, 2.45) is 0 Å². The average Bonchev–Trinajstić information content (AvgIpc) is 2.34. The number of hydrogen-bond acceptors (Lipinski definition) is 4. The normalized spacial score (nSPS) is 17.9. The van der Waals surface area contributed by atoms with E-state index in [-0.39, 0.29) is 9.92 Å². The van der Waals surface area contributed by atoms with Crippen LogP contribution in [0.15, 0.2) is 17.0 Å². The predicted molar refractivity (Wildman–Crippen MR) is 69.7 cm³/mol. The number of rotatable bonds is 2. The molecule has 7 heteroatoms. The molecule has 0 atom stereocenters. The van der Waals surface area contributed by atoms with Crippen LogP contribution in [0.4, 0.5) is 5.69 Å². The molecule has 0 radical (unpaired) electrons. The van der Waals surface area contributed by atoms with Crippen molar-refractivity contribution in [3.8, 4) is 0 Å². The predicted octanol–water partition coefficient (Wildman–Crippen LogP) is 1.95. The lowest BCUT2D eigenvalue weighted by Gasteiger charge is -2.25. The molecule has 0 aliphatic carbocycles. The number of halogens is 1. The molecule has 5 nitrogen and oxygen atoms in total. The van der Waals surface area contributed by atoms with Gasteiger partial charge in [0.2, 0.25) is 0 Å². The fourth-order valence-electron chi connectivity index (χ4n) is 1.74. The molecule has 1 saturated heterocycles. The number of nitrogens with two attached hydrogens (primary N) is 1. The van der Waals surface area contributed by atoms with Crippen molar-refractivity contribution in [1.82, 2.24) is 4.47 Å². The van der Waals surface area contributed by atoms with E-state index in [2.05, 4.69) is 0 Å². The topological polar surface area (TPSA) is 72.6 Å². The Morgan fingerprint density at radius 1 is 1.39 bits per heavy atom. The number of nitrogens with zero attached hydrogens (tertiary/aromatic N) is 1. The van der Waals surface area contributed by atoms with Gasteiger partial charge in [-0.2, -0.15) is 0 Å². The largest absolute Gasteiger partial charge is 0.398 e. The van der Waals surface area contributed by atoms with Gasteiger partial charge in [0.25, 0.3) is 10.0 Å². The van der Waals surface area contributed by atoms with Gasteiger partial charge in [-0.3, -0.25) is 4.84 Å². The van der Waals surface area contributed by atoms with E-state index in [1.807, 2.05) is 0 Å². The third kappa shape index (κ3) is 2.47. The van der Waals surface area contributed by atoms with E-state index < -0.39 is 10.0 Å². The number of nitrogen functional groups attached to an aromatic ring is 1. The minimum absolute atomic E-state index is 0.00540. The van der Waals surface area contributed by atoms with E-state index in [0.29, 0.717) is 18.8 Å². The Labute approximate surface area is 111 Å². The molecule has 0 aromatic heterocycles. The Morgan fingerprint density at radius 2 is 2.11 bits per heavy atom. The summed E-state index contributed by atoms with van der Waals surface area (Å²) in [7, 11) is -3.73. The van der Waals surface area contributed by atoms with Gasteiger partial charge in [-0.25, -0.2) is 8.42 Å². The van der Waals surface area contributed by atoms with Gasteiger partial charge in [0.1, 0.15) is 4.90 Å². The maximum absolute atomic E-state index is 12.3. The monoisotopic (exact) mass is 290 g/mol. The lowest BCUT2D eigenvalue weighted by molar-refractivity contribution is -0.108. The highest BCUT2D eigenvalue weighted by Gasteiger charge is 2.29. The summed E-state index contributed by atoms with van der Waals surface area (Å²) in [4.78, 5) is 5.16. The molecule has 1 fully saturated rings. The number of hydrogen-bond donors (Lipinski definition) is 1. The van der Waals surface area contributed by atoms with Crippen molar-refractivity contribution >= 4 is 27.3 Å². The van der Waals surface area contributed by atoms with Gasteiger partial charge >= 0.3 is 0 Å². The van der Waals surface area contributed by atoms with E-state index in [1.54, 1.807) is 13.0 Å². The Hall–Kier alpha value is -0.820. The summed E-state index contributed by atoms with van der Waals surface area (Å²) in [6, 6.07) is 2.93. The maximum Gasteiger partial charge on any atom is 0.266 e. The Bertz CT molecular complexity index is 554. The summed E-state index contributed by atoms with van der Waals surface area (Å²) in [5.74, 6) is 0. The summed E-state index contributed by atoms with van der Waals surface area (Å²) in [6.07, 6.45) is 1.63. The fourth-order valence-corrected chi connectivity index (χ4v) is 3.63.